The largest absolute Gasteiger partial charge is 0.483 e. The van der Waals surface area contributed by atoms with Crippen molar-refractivity contribution in [3.8, 4) is 5.75 Å². The van der Waals surface area contributed by atoms with Crippen LogP contribution < -0.4 is 4.74 Å². The zero-order valence-electron chi connectivity index (χ0n) is 13.2. The normalized spacial score (nSPS) is 21.9. The predicted octanol–water partition coefficient (Wildman–Crippen LogP) is 5.44. The van der Waals surface area contributed by atoms with Crippen LogP contribution in [0.25, 0.3) is 0 Å². The van der Waals surface area contributed by atoms with Crippen LogP contribution in [0.15, 0.2) is 48.5 Å². The molecule has 2 aromatic carbocycles. The van der Waals surface area contributed by atoms with E-state index in [1.807, 2.05) is 0 Å². The van der Waals surface area contributed by atoms with Gasteiger partial charge in [0.25, 0.3) is 0 Å². The standard InChI is InChI=1S/C20H24O/c1-4-15(2)16-9-11-18(12-10-16)21-20(3)14-13-17-7-5-6-8-19(17)20/h5-12,15H,4,13-14H2,1-3H3. The van der Waals surface area contributed by atoms with Gasteiger partial charge in [-0.15, -0.1) is 0 Å². The fraction of sp³-hybridized carbons (Fsp3) is 0.400. The Bertz CT molecular complexity index is 614. The summed E-state index contributed by atoms with van der Waals surface area (Å²) in [5.41, 5.74) is 3.98. The van der Waals surface area contributed by atoms with Gasteiger partial charge in [0.05, 0.1) is 0 Å². The molecular formula is C20H24O. The third kappa shape index (κ3) is 2.70. The van der Waals surface area contributed by atoms with E-state index in [0.717, 1.165) is 18.6 Å². The van der Waals surface area contributed by atoms with Crippen LogP contribution in [0.5, 0.6) is 5.75 Å². The topological polar surface area (TPSA) is 9.23 Å². The third-order valence-electron chi connectivity index (χ3n) is 4.86. The van der Waals surface area contributed by atoms with E-state index in [0.29, 0.717) is 5.92 Å². The minimum absolute atomic E-state index is 0.186. The number of ether oxygens (including phenoxy) is 1. The van der Waals surface area contributed by atoms with Crippen LogP contribution in [0.3, 0.4) is 0 Å². The number of hydrogen-bond donors (Lipinski definition) is 0. The van der Waals surface area contributed by atoms with Gasteiger partial charge in [0, 0.05) is 0 Å². The summed E-state index contributed by atoms with van der Waals surface area (Å²) in [6, 6.07) is 17.3. The minimum Gasteiger partial charge on any atom is -0.483 e. The fourth-order valence-corrected chi connectivity index (χ4v) is 3.23. The van der Waals surface area contributed by atoms with Gasteiger partial charge in [-0.05, 0) is 60.9 Å². The van der Waals surface area contributed by atoms with Crippen molar-refractivity contribution in [2.24, 2.45) is 0 Å². The Balaban J connectivity index is 1.81. The second kappa shape index (κ2) is 5.55. The molecule has 0 aromatic heterocycles. The van der Waals surface area contributed by atoms with Crippen LogP contribution in [0.2, 0.25) is 0 Å². The van der Waals surface area contributed by atoms with Gasteiger partial charge in [0.15, 0.2) is 0 Å². The maximum Gasteiger partial charge on any atom is 0.132 e. The van der Waals surface area contributed by atoms with Crippen molar-refractivity contribution in [1.82, 2.24) is 0 Å². The van der Waals surface area contributed by atoms with Gasteiger partial charge in [0.2, 0.25) is 0 Å². The van der Waals surface area contributed by atoms with E-state index < -0.39 is 0 Å². The summed E-state index contributed by atoms with van der Waals surface area (Å²) >= 11 is 0. The molecule has 0 saturated carbocycles. The Labute approximate surface area is 128 Å². The van der Waals surface area contributed by atoms with Gasteiger partial charge < -0.3 is 4.74 Å². The lowest BCUT2D eigenvalue weighted by molar-refractivity contribution is 0.0890. The first-order chi connectivity index (χ1) is 10.1. The lowest BCUT2D eigenvalue weighted by Gasteiger charge is -2.27. The molecule has 0 aliphatic heterocycles. The Morgan fingerprint density at radius 3 is 2.52 bits per heavy atom. The molecule has 1 aliphatic rings. The van der Waals surface area contributed by atoms with Crippen molar-refractivity contribution in [2.45, 2.75) is 51.6 Å². The highest BCUT2D eigenvalue weighted by Gasteiger charge is 2.36. The first-order valence-electron chi connectivity index (χ1n) is 8.00. The molecule has 0 fully saturated rings. The van der Waals surface area contributed by atoms with Crippen LogP contribution in [-0.2, 0) is 12.0 Å². The quantitative estimate of drug-likeness (QED) is 0.724. The molecule has 2 atom stereocenters. The van der Waals surface area contributed by atoms with Crippen molar-refractivity contribution in [2.75, 3.05) is 0 Å². The first-order valence-corrected chi connectivity index (χ1v) is 8.00. The molecule has 0 radical (unpaired) electrons. The van der Waals surface area contributed by atoms with E-state index in [1.165, 1.54) is 23.1 Å². The molecule has 0 N–H and O–H groups in total. The van der Waals surface area contributed by atoms with Crippen LogP contribution >= 0.6 is 0 Å². The van der Waals surface area contributed by atoms with Crippen molar-refractivity contribution >= 4 is 0 Å². The third-order valence-corrected chi connectivity index (χ3v) is 4.86. The molecule has 110 valence electrons. The number of rotatable bonds is 4. The Kier molecular flexibility index (Phi) is 3.75. The maximum absolute atomic E-state index is 6.36. The second-order valence-corrected chi connectivity index (χ2v) is 6.37. The minimum atomic E-state index is -0.186. The number of aryl methyl sites for hydroxylation is 1. The van der Waals surface area contributed by atoms with E-state index in [-0.39, 0.29) is 5.60 Å². The zero-order chi connectivity index (χ0) is 14.9. The van der Waals surface area contributed by atoms with E-state index in [4.69, 9.17) is 4.74 Å². The van der Waals surface area contributed by atoms with Crippen LogP contribution in [-0.4, -0.2) is 0 Å². The smallest absolute Gasteiger partial charge is 0.132 e. The van der Waals surface area contributed by atoms with Crippen molar-refractivity contribution in [1.29, 1.82) is 0 Å². The molecular weight excluding hydrogens is 256 g/mol. The summed E-state index contributed by atoms with van der Waals surface area (Å²) in [5.74, 6) is 1.59. The summed E-state index contributed by atoms with van der Waals surface area (Å²) in [6.07, 6.45) is 3.34. The summed E-state index contributed by atoms with van der Waals surface area (Å²) in [7, 11) is 0. The average molecular weight is 280 g/mol. The summed E-state index contributed by atoms with van der Waals surface area (Å²) in [5, 5.41) is 0. The van der Waals surface area contributed by atoms with E-state index in [1.54, 1.807) is 0 Å². The highest BCUT2D eigenvalue weighted by atomic mass is 16.5. The van der Waals surface area contributed by atoms with Gasteiger partial charge in [-0.1, -0.05) is 50.2 Å². The molecule has 1 aliphatic carbocycles. The molecule has 0 saturated heterocycles. The number of fused-ring (bicyclic) bond motifs is 1. The molecule has 0 spiro atoms. The summed E-state index contributed by atoms with van der Waals surface area (Å²) < 4.78 is 6.36. The average Bonchev–Trinajstić information content (AvgIpc) is 2.85. The fourth-order valence-electron chi connectivity index (χ4n) is 3.23. The van der Waals surface area contributed by atoms with E-state index in [9.17, 15) is 0 Å². The first kappa shape index (κ1) is 14.2. The van der Waals surface area contributed by atoms with Gasteiger partial charge >= 0.3 is 0 Å². The molecule has 0 heterocycles. The highest BCUT2D eigenvalue weighted by molar-refractivity contribution is 5.39. The van der Waals surface area contributed by atoms with Crippen LogP contribution in [0.1, 0.15) is 56.2 Å². The van der Waals surface area contributed by atoms with Gasteiger partial charge in [-0.3, -0.25) is 0 Å². The lowest BCUT2D eigenvalue weighted by atomic mass is 9.97. The molecule has 0 bridgehead atoms. The Morgan fingerprint density at radius 1 is 1.10 bits per heavy atom. The molecule has 0 amide bonds. The Morgan fingerprint density at radius 2 is 1.81 bits per heavy atom. The monoisotopic (exact) mass is 280 g/mol. The predicted molar refractivity (Wildman–Crippen MR) is 87.9 cm³/mol. The molecule has 3 rings (SSSR count). The van der Waals surface area contributed by atoms with Crippen molar-refractivity contribution < 1.29 is 4.74 Å². The van der Waals surface area contributed by atoms with Crippen LogP contribution in [0.4, 0.5) is 0 Å². The SMILES string of the molecule is CCC(C)c1ccc(OC2(C)CCc3ccccc32)cc1. The maximum atomic E-state index is 6.36. The van der Waals surface area contributed by atoms with E-state index in [2.05, 4.69) is 69.3 Å². The zero-order valence-corrected chi connectivity index (χ0v) is 13.2. The van der Waals surface area contributed by atoms with Gasteiger partial charge in [-0.25, -0.2) is 0 Å². The van der Waals surface area contributed by atoms with Crippen LogP contribution in [0, 0.1) is 0 Å². The van der Waals surface area contributed by atoms with Gasteiger partial charge in [0.1, 0.15) is 11.4 Å². The summed E-state index contributed by atoms with van der Waals surface area (Å²) in [6.45, 7) is 6.71. The molecule has 2 aromatic rings. The molecule has 2 unspecified atom stereocenters. The Hall–Kier alpha value is -1.76. The van der Waals surface area contributed by atoms with E-state index >= 15 is 0 Å². The molecule has 1 heteroatoms. The number of hydrogen-bond acceptors (Lipinski definition) is 1. The number of benzene rings is 2. The highest BCUT2D eigenvalue weighted by Crippen LogP contribution is 2.40. The van der Waals surface area contributed by atoms with Gasteiger partial charge in [-0.2, -0.15) is 0 Å². The molecule has 1 nitrogen and oxygen atoms in total. The second-order valence-electron chi connectivity index (χ2n) is 6.37. The molecule has 21 heavy (non-hydrogen) atoms. The summed E-state index contributed by atoms with van der Waals surface area (Å²) in [4.78, 5) is 0. The van der Waals surface area contributed by atoms with Crippen molar-refractivity contribution in [3.63, 3.8) is 0 Å². The van der Waals surface area contributed by atoms with Crippen molar-refractivity contribution in [3.05, 3.63) is 65.2 Å². The lowest BCUT2D eigenvalue weighted by Crippen LogP contribution is -2.26.